The van der Waals surface area contributed by atoms with E-state index in [9.17, 15) is 14.4 Å². The van der Waals surface area contributed by atoms with Crippen molar-refractivity contribution in [2.75, 3.05) is 0 Å². The maximum atomic E-state index is 13.0. The molecule has 0 aromatic heterocycles. The van der Waals surface area contributed by atoms with Crippen LogP contribution in [0.4, 0.5) is 4.79 Å². The van der Waals surface area contributed by atoms with Gasteiger partial charge in [0.15, 0.2) is 6.29 Å². The van der Waals surface area contributed by atoms with Gasteiger partial charge in [0.05, 0.1) is 18.2 Å². The van der Waals surface area contributed by atoms with Crippen LogP contribution in [-0.2, 0) is 30.4 Å². The molecule has 3 N–H and O–H groups in total. The van der Waals surface area contributed by atoms with E-state index in [0.717, 1.165) is 31.2 Å². The molecule has 1 unspecified atom stereocenters. The number of ether oxygens (including phenoxy) is 3. The Labute approximate surface area is 228 Å². The summed E-state index contributed by atoms with van der Waals surface area (Å²) in [5.74, 6) is -1.06. The molecular weight excluding hydrogens is 486 g/mol. The molecule has 0 aliphatic heterocycles. The standard InChI is InChI=1S/C29H49N3O6/c1-9-23(10-2)37-28(38-24(11-3)12-4)21(8)31-26(33)20(7)30-27(34)25(19(5)6)32-29(35)36-18-22-16-14-13-15-17-22/h13-17,19-21,23-25,28H,9-12,18H2,1-8H3,(H,30,34)(H,31,33)(H,32,35)/t20-,21?,25-/m0/s1. The van der Waals surface area contributed by atoms with Crippen molar-refractivity contribution in [2.45, 2.75) is 124 Å². The highest BCUT2D eigenvalue weighted by Gasteiger charge is 2.30. The fourth-order valence-corrected chi connectivity index (χ4v) is 3.82. The smallest absolute Gasteiger partial charge is 0.408 e. The maximum absolute atomic E-state index is 13.0. The normalized spacial score (nSPS) is 13.9. The SMILES string of the molecule is CCC(CC)OC(OC(CC)CC)C(C)NC(=O)[C@H](C)NC(=O)[C@@H](NC(=O)OCc1ccccc1)C(C)C. The van der Waals surface area contributed by atoms with E-state index in [1.54, 1.807) is 6.92 Å². The van der Waals surface area contributed by atoms with Gasteiger partial charge in [-0.15, -0.1) is 0 Å². The van der Waals surface area contributed by atoms with Crippen molar-refractivity contribution in [1.82, 2.24) is 16.0 Å². The highest BCUT2D eigenvalue weighted by atomic mass is 16.7. The first-order chi connectivity index (χ1) is 18.1. The van der Waals surface area contributed by atoms with Gasteiger partial charge in [-0.05, 0) is 51.0 Å². The summed E-state index contributed by atoms with van der Waals surface area (Å²) < 4.78 is 17.6. The fourth-order valence-electron chi connectivity index (χ4n) is 3.82. The van der Waals surface area contributed by atoms with E-state index in [-0.39, 0.29) is 30.6 Å². The number of alkyl carbamates (subject to hydrolysis) is 1. The van der Waals surface area contributed by atoms with Gasteiger partial charge >= 0.3 is 6.09 Å². The number of nitrogens with one attached hydrogen (secondary N) is 3. The van der Waals surface area contributed by atoms with Crippen LogP contribution in [0, 0.1) is 5.92 Å². The zero-order chi connectivity index (χ0) is 28.7. The summed E-state index contributed by atoms with van der Waals surface area (Å²) >= 11 is 0. The summed E-state index contributed by atoms with van der Waals surface area (Å²) in [6.45, 7) is 15.4. The molecule has 1 rings (SSSR count). The Morgan fingerprint density at radius 2 is 1.26 bits per heavy atom. The summed E-state index contributed by atoms with van der Waals surface area (Å²) in [5.41, 5.74) is 0.840. The first-order valence-corrected chi connectivity index (χ1v) is 13.9. The predicted octanol–water partition coefficient (Wildman–Crippen LogP) is 4.68. The molecule has 0 saturated heterocycles. The van der Waals surface area contributed by atoms with Gasteiger partial charge in [-0.1, -0.05) is 71.9 Å². The molecule has 3 amide bonds. The minimum Gasteiger partial charge on any atom is -0.445 e. The number of carbonyl (C=O) groups is 3. The highest BCUT2D eigenvalue weighted by Crippen LogP contribution is 2.16. The van der Waals surface area contributed by atoms with E-state index in [4.69, 9.17) is 14.2 Å². The summed E-state index contributed by atoms with van der Waals surface area (Å²) in [6, 6.07) is 7.13. The largest absolute Gasteiger partial charge is 0.445 e. The van der Waals surface area contributed by atoms with Crippen LogP contribution in [0.1, 0.15) is 86.6 Å². The average molecular weight is 536 g/mol. The van der Waals surface area contributed by atoms with Crippen LogP contribution in [-0.4, -0.2) is 54.5 Å². The van der Waals surface area contributed by atoms with E-state index in [0.29, 0.717) is 0 Å². The molecule has 0 bridgehead atoms. The number of benzene rings is 1. The molecular formula is C29H49N3O6. The Hall–Kier alpha value is -2.65. The van der Waals surface area contributed by atoms with Crippen molar-refractivity contribution in [2.24, 2.45) is 5.92 Å². The highest BCUT2D eigenvalue weighted by molar-refractivity contribution is 5.91. The van der Waals surface area contributed by atoms with Crippen molar-refractivity contribution in [3.8, 4) is 0 Å². The molecule has 3 atom stereocenters. The van der Waals surface area contributed by atoms with Gasteiger partial charge in [0.25, 0.3) is 0 Å². The predicted molar refractivity (Wildman–Crippen MR) is 148 cm³/mol. The van der Waals surface area contributed by atoms with Crippen LogP contribution in [0.25, 0.3) is 0 Å². The number of hydrogen-bond donors (Lipinski definition) is 3. The lowest BCUT2D eigenvalue weighted by molar-refractivity contribution is -0.208. The van der Waals surface area contributed by atoms with Crippen molar-refractivity contribution in [3.05, 3.63) is 35.9 Å². The third-order valence-electron chi connectivity index (χ3n) is 6.44. The minimum atomic E-state index is -0.866. The van der Waals surface area contributed by atoms with Gasteiger partial charge in [0, 0.05) is 0 Å². The zero-order valence-electron chi connectivity index (χ0n) is 24.4. The molecule has 0 heterocycles. The summed E-state index contributed by atoms with van der Waals surface area (Å²) in [4.78, 5) is 38.3. The first-order valence-electron chi connectivity index (χ1n) is 13.9. The third kappa shape index (κ3) is 11.8. The maximum Gasteiger partial charge on any atom is 0.408 e. The van der Waals surface area contributed by atoms with Gasteiger partial charge in [-0.2, -0.15) is 0 Å². The molecule has 38 heavy (non-hydrogen) atoms. The van der Waals surface area contributed by atoms with E-state index in [2.05, 4.69) is 43.6 Å². The quantitative estimate of drug-likeness (QED) is 0.250. The summed E-state index contributed by atoms with van der Waals surface area (Å²) in [7, 11) is 0. The topological polar surface area (TPSA) is 115 Å². The molecule has 0 radical (unpaired) electrons. The minimum absolute atomic E-state index is 0.0189. The number of rotatable bonds is 17. The Morgan fingerprint density at radius 3 is 1.74 bits per heavy atom. The molecule has 0 aliphatic carbocycles. The molecule has 0 saturated carbocycles. The number of hydrogen-bond acceptors (Lipinski definition) is 6. The molecule has 0 aliphatic rings. The van der Waals surface area contributed by atoms with E-state index in [1.165, 1.54) is 0 Å². The molecule has 9 heteroatoms. The molecule has 0 spiro atoms. The first kappa shape index (κ1) is 33.4. The van der Waals surface area contributed by atoms with Crippen molar-refractivity contribution in [3.63, 3.8) is 0 Å². The average Bonchev–Trinajstić information content (AvgIpc) is 2.90. The second-order valence-electron chi connectivity index (χ2n) is 9.97. The van der Waals surface area contributed by atoms with E-state index < -0.39 is 36.4 Å². The van der Waals surface area contributed by atoms with Crippen molar-refractivity contribution in [1.29, 1.82) is 0 Å². The Kier molecular flexibility index (Phi) is 15.6. The van der Waals surface area contributed by atoms with Crippen LogP contribution < -0.4 is 16.0 Å². The van der Waals surface area contributed by atoms with Crippen LogP contribution in [0.3, 0.4) is 0 Å². The van der Waals surface area contributed by atoms with Gasteiger partial charge < -0.3 is 30.2 Å². The molecule has 9 nitrogen and oxygen atoms in total. The Morgan fingerprint density at radius 1 is 0.737 bits per heavy atom. The molecule has 1 aromatic carbocycles. The Bertz CT molecular complexity index is 813. The molecule has 0 fully saturated rings. The summed E-state index contributed by atoms with van der Waals surface area (Å²) in [5, 5.41) is 8.25. The number of carbonyl (C=O) groups excluding carboxylic acids is 3. The Balaban J connectivity index is 2.74. The number of amides is 3. The van der Waals surface area contributed by atoms with Crippen LogP contribution in [0.2, 0.25) is 0 Å². The lowest BCUT2D eigenvalue weighted by Crippen LogP contribution is -2.56. The van der Waals surface area contributed by atoms with E-state index >= 15 is 0 Å². The lowest BCUT2D eigenvalue weighted by Gasteiger charge is -2.32. The van der Waals surface area contributed by atoms with Crippen LogP contribution in [0.15, 0.2) is 30.3 Å². The molecule has 1 aromatic rings. The van der Waals surface area contributed by atoms with Gasteiger partial charge in [0.2, 0.25) is 11.8 Å². The van der Waals surface area contributed by atoms with E-state index in [1.807, 2.05) is 51.1 Å². The van der Waals surface area contributed by atoms with Gasteiger partial charge in [-0.3, -0.25) is 9.59 Å². The van der Waals surface area contributed by atoms with Gasteiger partial charge in [0.1, 0.15) is 18.7 Å². The zero-order valence-corrected chi connectivity index (χ0v) is 24.4. The third-order valence-corrected chi connectivity index (χ3v) is 6.44. The van der Waals surface area contributed by atoms with Crippen LogP contribution in [0.5, 0.6) is 0 Å². The second kappa shape index (κ2) is 17.8. The van der Waals surface area contributed by atoms with Crippen LogP contribution >= 0.6 is 0 Å². The fraction of sp³-hybridized carbons (Fsp3) is 0.690. The van der Waals surface area contributed by atoms with Gasteiger partial charge in [-0.25, -0.2) is 4.79 Å². The second-order valence-corrected chi connectivity index (χ2v) is 9.97. The lowest BCUT2D eigenvalue weighted by atomic mass is 10.0. The molecule has 216 valence electrons. The van der Waals surface area contributed by atoms with Crippen molar-refractivity contribution < 1.29 is 28.6 Å². The van der Waals surface area contributed by atoms with Crippen molar-refractivity contribution >= 4 is 17.9 Å². The summed E-state index contributed by atoms with van der Waals surface area (Å²) in [6.07, 6.45) is 2.08. The monoisotopic (exact) mass is 535 g/mol.